The fraction of sp³-hybridized carbons (Fsp3) is 0.310. The zero-order chi connectivity index (χ0) is 26.1. The molecular formula is C29H27FN6O2. The number of halogens is 1. The SMILES string of the molecule is N#Cc1ccc(-c2nc3c(N4CCCCC4)ccnc3n2-c2ccc(C(=O)N3CCOCC3)cc2)cc1F. The van der Waals surface area contributed by atoms with Gasteiger partial charge >= 0.3 is 0 Å². The van der Waals surface area contributed by atoms with Crippen LogP contribution in [0.25, 0.3) is 28.2 Å². The van der Waals surface area contributed by atoms with E-state index in [9.17, 15) is 14.4 Å². The van der Waals surface area contributed by atoms with Gasteiger partial charge in [0, 0.05) is 49.2 Å². The highest BCUT2D eigenvalue weighted by atomic mass is 19.1. The molecule has 0 aliphatic carbocycles. The van der Waals surface area contributed by atoms with Crippen LogP contribution in [0.15, 0.2) is 54.7 Å². The molecule has 2 saturated heterocycles. The van der Waals surface area contributed by atoms with E-state index < -0.39 is 5.82 Å². The number of morpholine rings is 1. The third-order valence-electron chi connectivity index (χ3n) is 7.24. The molecule has 0 saturated carbocycles. The maximum absolute atomic E-state index is 14.7. The van der Waals surface area contributed by atoms with Crippen LogP contribution in [0.3, 0.4) is 0 Å². The molecular weight excluding hydrogens is 483 g/mol. The minimum atomic E-state index is -0.598. The number of amides is 1. The summed E-state index contributed by atoms with van der Waals surface area (Å²) in [4.78, 5) is 26.8. The number of pyridine rings is 1. The second-order valence-electron chi connectivity index (χ2n) is 9.58. The van der Waals surface area contributed by atoms with E-state index in [0.717, 1.165) is 42.8 Å². The largest absolute Gasteiger partial charge is 0.378 e. The smallest absolute Gasteiger partial charge is 0.254 e. The summed E-state index contributed by atoms with van der Waals surface area (Å²) in [7, 11) is 0. The Morgan fingerprint density at radius 1 is 0.974 bits per heavy atom. The molecule has 9 heteroatoms. The summed E-state index contributed by atoms with van der Waals surface area (Å²) in [5.41, 5.74) is 4.26. The number of piperidine rings is 1. The third-order valence-corrected chi connectivity index (χ3v) is 7.24. The number of aromatic nitrogens is 3. The van der Waals surface area contributed by atoms with Crippen molar-refractivity contribution in [3.8, 4) is 23.1 Å². The van der Waals surface area contributed by atoms with Gasteiger partial charge in [0.2, 0.25) is 0 Å². The molecule has 8 nitrogen and oxygen atoms in total. The first-order valence-corrected chi connectivity index (χ1v) is 12.9. The summed E-state index contributed by atoms with van der Waals surface area (Å²) in [5.74, 6) is -0.109. The van der Waals surface area contributed by atoms with Gasteiger partial charge in [-0.3, -0.25) is 9.36 Å². The average molecular weight is 511 g/mol. The first-order chi connectivity index (χ1) is 18.6. The maximum Gasteiger partial charge on any atom is 0.254 e. The lowest BCUT2D eigenvalue weighted by Gasteiger charge is -2.28. The quantitative estimate of drug-likeness (QED) is 0.400. The number of hydrogen-bond donors (Lipinski definition) is 0. The number of nitrogens with zero attached hydrogens (tertiary/aromatic N) is 6. The predicted molar refractivity (Wildman–Crippen MR) is 142 cm³/mol. The van der Waals surface area contributed by atoms with E-state index in [-0.39, 0.29) is 11.5 Å². The highest BCUT2D eigenvalue weighted by Gasteiger charge is 2.23. The average Bonchev–Trinajstić information content (AvgIpc) is 3.37. The molecule has 0 atom stereocenters. The van der Waals surface area contributed by atoms with Gasteiger partial charge in [-0.25, -0.2) is 14.4 Å². The molecule has 4 aromatic rings. The number of ether oxygens (including phenoxy) is 1. The van der Waals surface area contributed by atoms with Crippen LogP contribution in [-0.2, 0) is 4.74 Å². The van der Waals surface area contributed by atoms with E-state index in [1.54, 1.807) is 29.3 Å². The van der Waals surface area contributed by atoms with Crippen molar-refractivity contribution in [1.82, 2.24) is 19.4 Å². The van der Waals surface area contributed by atoms with E-state index in [2.05, 4.69) is 9.88 Å². The van der Waals surface area contributed by atoms with Crippen molar-refractivity contribution in [2.24, 2.45) is 0 Å². The van der Waals surface area contributed by atoms with Gasteiger partial charge in [-0.05, 0) is 67.8 Å². The Labute approximate surface area is 219 Å². The molecule has 0 unspecified atom stereocenters. The second kappa shape index (κ2) is 10.2. The molecule has 0 spiro atoms. The number of carbonyl (C=O) groups excluding carboxylic acids is 1. The van der Waals surface area contributed by atoms with Gasteiger partial charge in [0.15, 0.2) is 5.65 Å². The molecule has 38 heavy (non-hydrogen) atoms. The fourth-order valence-corrected chi connectivity index (χ4v) is 5.24. The van der Waals surface area contributed by atoms with Crippen LogP contribution in [0.2, 0.25) is 0 Å². The predicted octanol–water partition coefficient (Wildman–Crippen LogP) is 4.56. The first kappa shape index (κ1) is 24.1. The van der Waals surface area contributed by atoms with Crippen LogP contribution in [0.5, 0.6) is 0 Å². The highest BCUT2D eigenvalue weighted by Crippen LogP contribution is 2.34. The van der Waals surface area contributed by atoms with Gasteiger partial charge < -0.3 is 14.5 Å². The van der Waals surface area contributed by atoms with Gasteiger partial charge in [0.1, 0.15) is 23.2 Å². The normalized spacial score (nSPS) is 16.0. The first-order valence-electron chi connectivity index (χ1n) is 12.9. The van der Waals surface area contributed by atoms with Crippen LogP contribution in [-0.4, -0.2) is 64.7 Å². The van der Waals surface area contributed by atoms with E-state index >= 15 is 0 Å². The van der Waals surface area contributed by atoms with Crippen molar-refractivity contribution >= 4 is 22.8 Å². The molecule has 2 aromatic carbocycles. The maximum atomic E-state index is 14.7. The second-order valence-corrected chi connectivity index (χ2v) is 9.58. The minimum absolute atomic E-state index is 0.0190. The van der Waals surface area contributed by atoms with Gasteiger partial charge in [0.05, 0.1) is 24.5 Å². The van der Waals surface area contributed by atoms with Crippen LogP contribution in [0, 0.1) is 17.1 Å². The number of imidazole rings is 1. The zero-order valence-electron chi connectivity index (χ0n) is 20.9. The van der Waals surface area contributed by atoms with E-state index in [4.69, 9.17) is 9.72 Å². The lowest BCUT2D eigenvalue weighted by molar-refractivity contribution is 0.0303. The van der Waals surface area contributed by atoms with E-state index in [1.807, 2.05) is 28.8 Å². The van der Waals surface area contributed by atoms with Crippen LogP contribution < -0.4 is 4.90 Å². The van der Waals surface area contributed by atoms with Crippen molar-refractivity contribution in [2.45, 2.75) is 19.3 Å². The molecule has 0 bridgehead atoms. The summed E-state index contributed by atoms with van der Waals surface area (Å²) < 4.78 is 21.9. The van der Waals surface area contributed by atoms with Crippen LogP contribution in [0.4, 0.5) is 10.1 Å². The van der Waals surface area contributed by atoms with Crippen LogP contribution >= 0.6 is 0 Å². The molecule has 6 rings (SSSR count). The molecule has 192 valence electrons. The number of rotatable bonds is 4. The Balaban J connectivity index is 1.47. The molecule has 2 aliphatic heterocycles. The number of nitriles is 1. The zero-order valence-corrected chi connectivity index (χ0v) is 20.9. The van der Waals surface area contributed by atoms with Crippen molar-refractivity contribution in [1.29, 1.82) is 5.26 Å². The third kappa shape index (κ3) is 4.37. The summed E-state index contributed by atoms with van der Waals surface area (Å²) in [5, 5.41) is 9.21. The fourth-order valence-electron chi connectivity index (χ4n) is 5.24. The van der Waals surface area contributed by atoms with E-state index in [0.29, 0.717) is 48.9 Å². The molecule has 4 heterocycles. The monoisotopic (exact) mass is 510 g/mol. The van der Waals surface area contributed by atoms with Crippen molar-refractivity contribution in [2.75, 3.05) is 44.3 Å². The Kier molecular flexibility index (Phi) is 6.48. The Morgan fingerprint density at radius 2 is 1.74 bits per heavy atom. The molecule has 2 aliphatic rings. The number of fused-ring (bicyclic) bond motifs is 1. The van der Waals surface area contributed by atoms with Gasteiger partial charge in [-0.1, -0.05) is 0 Å². The van der Waals surface area contributed by atoms with E-state index in [1.165, 1.54) is 18.6 Å². The van der Waals surface area contributed by atoms with Crippen LogP contribution in [0.1, 0.15) is 35.2 Å². The summed E-state index contributed by atoms with van der Waals surface area (Å²) in [6.45, 7) is 4.13. The summed E-state index contributed by atoms with van der Waals surface area (Å²) in [6.07, 6.45) is 5.24. The molecule has 2 fully saturated rings. The molecule has 0 radical (unpaired) electrons. The standard InChI is InChI=1S/C29H27FN6O2/c30-24-18-21(4-5-22(24)19-31)27-33-26-25(34-12-2-1-3-13-34)10-11-32-28(26)36(27)23-8-6-20(7-9-23)29(37)35-14-16-38-17-15-35/h4-11,18H,1-3,12-17H2. The summed E-state index contributed by atoms with van der Waals surface area (Å²) in [6, 6.07) is 15.7. The van der Waals surface area contributed by atoms with Crippen molar-refractivity contribution in [3.05, 3.63) is 71.7 Å². The Bertz CT molecular complexity index is 1530. The van der Waals surface area contributed by atoms with Crippen molar-refractivity contribution in [3.63, 3.8) is 0 Å². The Hall–Kier alpha value is -4.29. The van der Waals surface area contributed by atoms with Crippen molar-refractivity contribution < 1.29 is 13.9 Å². The van der Waals surface area contributed by atoms with Gasteiger partial charge in [-0.2, -0.15) is 5.26 Å². The molecule has 0 N–H and O–H groups in total. The van der Waals surface area contributed by atoms with Gasteiger partial charge in [0.25, 0.3) is 5.91 Å². The molecule has 2 aromatic heterocycles. The summed E-state index contributed by atoms with van der Waals surface area (Å²) >= 11 is 0. The lowest BCUT2D eigenvalue weighted by Crippen LogP contribution is -2.40. The van der Waals surface area contributed by atoms with Gasteiger partial charge in [-0.15, -0.1) is 0 Å². The molecule has 1 amide bonds. The topological polar surface area (TPSA) is 87.3 Å². The lowest BCUT2D eigenvalue weighted by atomic mass is 10.1. The number of benzene rings is 2. The number of carbonyl (C=O) groups is 1. The highest BCUT2D eigenvalue weighted by molar-refractivity contribution is 5.95. The number of anilines is 1. The number of hydrogen-bond acceptors (Lipinski definition) is 6. The Morgan fingerprint density at radius 3 is 2.45 bits per heavy atom. The minimum Gasteiger partial charge on any atom is -0.378 e.